The summed E-state index contributed by atoms with van der Waals surface area (Å²) >= 11 is 0. The molecular weight excluding hydrogens is 354 g/mol. The topological polar surface area (TPSA) is 95.6 Å². The molecule has 7 nitrogen and oxygen atoms in total. The van der Waals surface area contributed by atoms with Crippen molar-refractivity contribution < 1.29 is 18.0 Å². The SMILES string of the molecule is CC(C)N(C)S(=O)(=O)c1cccc(C(=O)NC2CCC(=O)NC2(C)C)c1. The van der Waals surface area contributed by atoms with Crippen LogP contribution in [0, 0.1) is 0 Å². The highest BCUT2D eigenvalue weighted by Gasteiger charge is 2.36. The fourth-order valence-corrected chi connectivity index (χ4v) is 4.30. The summed E-state index contributed by atoms with van der Waals surface area (Å²) in [6.45, 7) is 7.28. The second-order valence-electron chi connectivity index (χ2n) is 7.48. The average molecular weight is 381 g/mol. The van der Waals surface area contributed by atoms with Crippen LogP contribution in [-0.4, -0.2) is 49.2 Å². The molecule has 8 heteroatoms. The molecule has 0 aliphatic carbocycles. The molecule has 1 heterocycles. The molecule has 144 valence electrons. The van der Waals surface area contributed by atoms with Gasteiger partial charge in [-0.3, -0.25) is 9.59 Å². The van der Waals surface area contributed by atoms with Crippen LogP contribution in [0.15, 0.2) is 29.2 Å². The summed E-state index contributed by atoms with van der Waals surface area (Å²) < 4.78 is 26.5. The highest BCUT2D eigenvalue weighted by atomic mass is 32.2. The minimum absolute atomic E-state index is 0.0367. The van der Waals surface area contributed by atoms with E-state index in [2.05, 4.69) is 10.6 Å². The van der Waals surface area contributed by atoms with Gasteiger partial charge in [0.1, 0.15) is 0 Å². The number of amides is 2. The minimum atomic E-state index is -3.66. The van der Waals surface area contributed by atoms with Gasteiger partial charge in [0.15, 0.2) is 0 Å². The normalized spacial score (nSPS) is 20.1. The Labute approximate surface area is 155 Å². The van der Waals surface area contributed by atoms with Gasteiger partial charge in [0.25, 0.3) is 5.91 Å². The van der Waals surface area contributed by atoms with E-state index < -0.39 is 15.6 Å². The van der Waals surface area contributed by atoms with Gasteiger partial charge in [-0.25, -0.2) is 8.42 Å². The van der Waals surface area contributed by atoms with Gasteiger partial charge in [0.2, 0.25) is 15.9 Å². The lowest BCUT2D eigenvalue weighted by molar-refractivity contribution is -0.125. The van der Waals surface area contributed by atoms with Crippen LogP contribution in [0.3, 0.4) is 0 Å². The van der Waals surface area contributed by atoms with Gasteiger partial charge >= 0.3 is 0 Å². The summed E-state index contributed by atoms with van der Waals surface area (Å²) in [6, 6.07) is 5.59. The van der Waals surface area contributed by atoms with Crippen LogP contribution in [0.2, 0.25) is 0 Å². The van der Waals surface area contributed by atoms with Gasteiger partial charge in [0, 0.05) is 25.1 Å². The maximum atomic E-state index is 12.6. The van der Waals surface area contributed by atoms with Crippen molar-refractivity contribution in [3.63, 3.8) is 0 Å². The number of piperidine rings is 1. The largest absolute Gasteiger partial charge is 0.349 e. The smallest absolute Gasteiger partial charge is 0.251 e. The van der Waals surface area contributed by atoms with Crippen LogP contribution in [-0.2, 0) is 14.8 Å². The summed E-state index contributed by atoms with van der Waals surface area (Å²) in [5.41, 5.74) is -0.289. The molecule has 1 unspecified atom stereocenters. The van der Waals surface area contributed by atoms with E-state index in [0.29, 0.717) is 12.8 Å². The zero-order valence-corrected chi connectivity index (χ0v) is 16.7. The molecule has 1 aromatic carbocycles. The van der Waals surface area contributed by atoms with E-state index in [1.807, 2.05) is 13.8 Å². The quantitative estimate of drug-likeness (QED) is 0.808. The Morgan fingerprint density at radius 1 is 1.35 bits per heavy atom. The first kappa shape index (κ1) is 20.4. The van der Waals surface area contributed by atoms with Gasteiger partial charge < -0.3 is 10.6 Å². The number of rotatable bonds is 5. The van der Waals surface area contributed by atoms with Crippen molar-refractivity contribution >= 4 is 21.8 Å². The summed E-state index contributed by atoms with van der Waals surface area (Å²) in [4.78, 5) is 24.3. The van der Waals surface area contributed by atoms with Crippen LogP contribution >= 0.6 is 0 Å². The second-order valence-corrected chi connectivity index (χ2v) is 9.47. The standard InChI is InChI=1S/C18H27N3O4S/c1-12(2)21(5)26(24,25)14-8-6-7-13(11-14)17(23)19-15-9-10-16(22)20-18(15,3)4/h6-8,11-12,15H,9-10H2,1-5H3,(H,19,23)(H,20,22). The zero-order valence-electron chi connectivity index (χ0n) is 15.9. The Morgan fingerprint density at radius 3 is 2.58 bits per heavy atom. The molecule has 26 heavy (non-hydrogen) atoms. The van der Waals surface area contributed by atoms with Gasteiger partial charge in [-0.05, 0) is 52.3 Å². The molecule has 1 aliphatic heterocycles. The van der Waals surface area contributed by atoms with Crippen LogP contribution in [0.5, 0.6) is 0 Å². The van der Waals surface area contributed by atoms with Crippen LogP contribution in [0.4, 0.5) is 0 Å². The molecule has 1 aromatic rings. The van der Waals surface area contributed by atoms with Gasteiger partial charge in [0.05, 0.1) is 16.5 Å². The van der Waals surface area contributed by atoms with Gasteiger partial charge in [-0.1, -0.05) is 6.07 Å². The van der Waals surface area contributed by atoms with E-state index in [0.717, 1.165) is 0 Å². The summed E-state index contributed by atoms with van der Waals surface area (Å²) in [7, 11) is -2.15. The molecule has 2 N–H and O–H groups in total. The lowest BCUT2D eigenvalue weighted by Gasteiger charge is -2.39. The third kappa shape index (κ3) is 4.24. The number of benzene rings is 1. The van der Waals surface area contributed by atoms with E-state index >= 15 is 0 Å². The molecule has 0 bridgehead atoms. The third-order valence-electron chi connectivity index (χ3n) is 4.80. The first-order valence-electron chi connectivity index (χ1n) is 8.65. The number of carbonyl (C=O) groups excluding carboxylic acids is 2. The first-order chi connectivity index (χ1) is 11.9. The predicted octanol–water partition coefficient (Wildman–Crippen LogP) is 1.50. The average Bonchev–Trinajstić information content (AvgIpc) is 2.56. The van der Waals surface area contributed by atoms with Crippen molar-refractivity contribution in [2.24, 2.45) is 0 Å². The Morgan fingerprint density at radius 2 is 2.00 bits per heavy atom. The lowest BCUT2D eigenvalue weighted by Crippen LogP contribution is -2.62. The van der Waals surface area contributed by atoms with Crippen molar-refractivity contribution in [3.05, 3.63) is 29.8 Å². The molecule has 0 aromatic heterocycles. The maximum Gasteiger partial charge on any atom is 0.251 e. The van der Waals surface area contributed by atoms with E-state index in [1.54, 1.807) is 26.0 Å². The molecule has 0 spiro atoms. The van der Waals surface area contributed by atoms with Crippen molar-refractivity contribution in [3.8, 4) is 0 Å². The van der Waals surface area contributed by atoms with Crippen LogP contribution in [0.1, 0.15) is 50.9 Å². The Bertz CT molecular complexity index is 802. The summed E-state index contributed by atoms with van der Waals surface area (Å²) in [5, 5.41) is 5.78. The van der Waals surface area contributed by atoms with E-state index in [9.17, 15) is 18.0 Å². The molecule has 1 atom stereocenters. The monoisotopic (exact) mass is 381 g/mol. The van der Waals surface area contributed by atoms with Crippen molar-refractivity contribution in [2.75, 3.05) is 7.05 Å². The van der Waals surface area contributed by atoms with Gasteiger partial charge in [-0.2, -0.15) is 4.31 Å². The Balaban J connectivity index is 2.22. The second kappa shape index (κ2) is 7.36. The first-order valence-corrected chi connectivity index (χ1v) is 10.1. The highest BCUT2D eigenvalue weighted by Crippen LogP contribution is 2.21. The number of sulfonamides is 1. The molecule has 1 aliphatic rings. The molecule has 2 rings (SSSR count). The molecule has 1 fully saturated rings. The summed E-state index contributed by atoms with van der Waals surface area (Å²) in [6.07, 6.45) is 0.890. The van der Waals surface area contributed by atoms with Crippen LogP contribution in [0.25, 0.3) is 0 Å². The number of hydrogen-bond acceptors (Lipinski definition) is 4. The number of hydrogen-bond donors (Lipinski definition) is 2. The lowest BCUT2D eigenvalue weighted by atomic mass is 9.86. The molecule has 2 amide bonds. The molecule has 0 saturated carbocycles. The Kier molecular flexibility index (Phi) is 5.77. The van der Waals surface area contributed by atoms with Crippen molar-refractivity contribution in [1.82, 2.24) is 14.9 Å². The number of nitrogens with one attached hydrogen (secondary N) is 2. The summed E-state index contributed by atoms with van der Waals surface area (Å²) in [5.74, 6) is -0.395. The number of nitrogens with zero attached hydrogens (tertiary/aromatic N) is 1. The van der Waals surface area contributed by atoms with E-state index in [4.69, 9.17) is 0 Å². The maximum absolute atomic E-state index is 12.6. The highest BCUT2D eigenvalue weighted by molar-refractivity contribution is 7.89. The Hall–Kier alpha value is -1.93. The molecule has 1 saturated heterocycles. The molecular formula is C18H27N3O4S. The van der Waals surface area contributed by atoms with E-state index in [1.165, 1.54) is 23.5 Å². The van der Waals surface area contributed by atoms with E-state index in [-0.39, 0.29) is 34.4 Å². The van der Waals surface area contributed by atoms with Gasteiger partial charge in [-0.15, -0.1) is 0 Å². The minimum Gasteiger partial charge on any atom is -0.349 e. The van der Waals surface area contributed by atoms with Crippen molar-refractivity contribution in [2.45, 2.75) is 63.1 Å². The predicted molar refractivity (Wildman–Crippen MR) is 99.2 cm³/mol. The fourth-order valence-electron chi connectivity index (χ4n) is 2.88. The zero-order chi connectivity index (χ0) is 19.7. The fraction of sp³-hybridized carbons (Fsp3) is 0.556. The van der Waals surface area contributed by atoms with Crippen molar-refractivity contribution in [1.29, 1.82) is 0 Å². The number of carbonyl (C=O) groups is 2. The third-order valence-corrected chi connectivity index (χ3v) is 6.83. The van der Waals surface area contributed by atoms with Crippen LogP contribution < -0.4 is 10.6 Å². The molecule has 0 radical (unpaired) electrons.